The van der Waals surface area contributed by atoms with E-state index in [4.69, 9.17) is 10.5 Å². The van der Waals surface area contributed by atoms with Crippen LogP contribution in [0.3, 0.4) is 0 Å². The number of primary amides is 1. The molecule has 21 heavy (non-hydrogen) atoms. The Kier molecular flexibility index (Phi) is 4.66. The van der Waals surface area contributed by atoms with Gasteiger partial charge in [0.1, 0.15) is 5.82 Å². The Labute approximate surface area is 121 Å². The zero-order chi connectivity index (χ0) is 15.2. The van der Waals surface area contributed by atoms with Crippen molar-refractivity contribution in [3.8, 4) is 0 Å². The number of hydrogen-bond acceptors (Lipinski definition) is 3. The first-order chi connectivity index (χ1) is 10.1. The molecule has 0 bridgehead atoms. The number of carbonyl (C=O) groups is 2. The quantitative estimate of drug-likeness (QED) is 0.856. The highest BCUT2D eigenvalue weighted by Crippen LogP contribution is 2.17. The van der Waals surface area contributed by atoms with Gasteiger partial charge in [0.05, 0.1) is 6.42 Å². The van der Waals surface area contributed by atoms with Crippen molar-refractivity contribution >= 4 is 11.9 Å². The molecule has 0 saturated carbocycles. The number of halogens is 1. The van der Waals surface area contributed by atoms with Crippen molar-refractivity contribution in [1.82, 2.24) is 0 Å². The lowest BCUT2D eigenvalue weighted by Crippen LogP contribution is -2.26. The molecule has 0 aromatic heterocycles. The third-order valence-electron chi connectivity index (χ3n) is 2.87. The molecule has 2 N–H and O–H groups in total. The van der Waals surface area contributed by atoms with Crippen LogP contribution >= 0.6 is 0 Å². The summed E-state index contributed by atoms with van der Waals surface area (Å²) in [5.41, 5.74) is 6.37. The van der Waals surface area contributed by atoms with Crippen molar-refractivity contribution < 1.29 is 18.7 Å². The number of amides is 1. The van der Waals surface area contributed by atoms with Gasteiger partial charge in [0.15, 0.2) is 0 Å². The van der Waals surface area contributed by atoms with Crippen LogP contribution in [0.15, 0.2) is 54.6 Å². The molecular formula is C16H14FNO3. The molecule has 0 radical (unpaired) electrons. The summed E-state index contributed by atoms with van der Waals surface area (Å²) in [5.74, 6) is -1.73. The van der Waals surface area contributed by atoms with Gasteiger partial charge in [-0.25, -0.2) is 4.39 Å². The molecule has 0 aliphatic carbocycles. The number of carbonyl (C=O) groups excluding carboxylic acids is 2. The molecule has 4 nitrogen and oxygen atoms in total. The van der Waals surface area contributed by atoms with Crippen LogP contribution in [0, 0.1) is 5.82 Å². The van der Waals surface area contributed by atoms with Crippen LogP contribution < -0.4 is 5.73 Å². The summed E-state index contributed by atoms with van der Waals surface area (Å²) < 4.78 is 17.9. The standard InChI is InChI=1S/C16H14FNO3/c17-13-8-6-11(7-9-13)10-14(19)21-15(16(18)20)12-4-2-1-3-5-12/h1-9,15H,10H2,(H2,18,20). The smallest absolute Gasteiger partial charge is 0.311 e. The third-order valence-corrected chi connectivity index (χ3v) is 2.87. The summed E-state index contributed by atoms with van der Waals surface area (Å²) >= 11 is 0. The normalized spacial score (nSPS) is 11.7. The number of benzene rings is 2. The van der Waals surface area contributed by atoms with E-state index < -0.39 is 18.0 Å². The second-order valence-electron chi connectivity index (χ2n) is 4.49. The molecule has 0 aliphatic rings. The number of hydrogen-bond donors (Lipinski definition) is 1. The lowest BCUT2D eigenvalue weighted by atomic mass is 10.1. The summed E-state index contributed by atoms with van der Waals surface area (Å²) in [5, 5.41) is 0. The molecule has 2 rings (SSSR count). The molecule has 2 aromatic rings. The Bertz CT molecular complexity index is 626. The van der Waals surface area contributed by atoms with Crippen molar-refractivity contribution in [3.63, 3.8) is 0 Å². The van der Waals surface area contributed by atoms with E-state index in [1.54, 1.807) is 30.3 Å². The Balaban J connectivity index is 2.05. The Morgan fingerprint density at radius 3 is 2.24 bits per heavy atom. The lowest BCUT2D eigenvalue weighted by Gasteiger charge is -2.15. The topological polar surface area (TPSA) is 69.4 Å². The summed E-state index contributed by atoms with van der Waals surface area (Å²) in [4.78, 5) is 23.3. The predicted octanol–water partition coefficient (Wildman–Crippen LogP) is 2.14. The fraction of sp³-hybridized carbons (Fsp3) is 0.125. The fourth-order valence-corrected chi connectivity index (χ4v) is 1.86. The van der Waals surface area contributed by atoms with Gasteiger partial charge in [-0.2, -0.15) is 0 Å². The van der Waals surface area contributed by atoms with Gasteiger partial charge in [-0.15, -0.1) is 0 Å². The van der Waals surface area contributed by atoms with E-state index in [2.05, 4.69) is 0 Å². The Morgan fingerprint density at radius 1 is 1.05 bits per heavy atom. The average molecular weight is 287 g/mol. The molecule has 2 aromatic carbocycles. The molecule has 0 aliphatic heterocycles. The van der Waals surface area contributed by atoms with Gasteiger partial charge in [-0.3, -0.25) is 9.59 Å². The first-order valence-electron chi connectivity index (χ1n) is 6.34. The Morgan fingerprint density at radius 2 is 1.67 bits per heavy atom. The van der Waals surface area contributed by atoms with Gasteiger partial charge in [0.2, 0.25) is 6.10 Å². The van der Waals surface area contributed by atoms with Gasteiger partial charge < -0.3 is 10.5 Å². The lowest BCUT2D eigenvalue weighted by molar-refractivity contribution is -0.154. The molecule has 1 amide bonds. The highest BCUT2D eigenvalue weighted by atomic mass is 19.1. The second kappa shape index (κ2) is 6.65. The predicted molar refractivity (Wildman–Crippen MR) is 74.6 cm³/mol. The van der Waals surface area contributed by atoms with Crippen molar-refractivity contribution in [1.29, 1.82) is 0 Å². The largest absolute Gasteiger partial charge is 0.447 e. The van der Waals surface area contributed by atoms with Crippen LogP contribution in [0.4, 0.5) is 4.39 Å². The van der Waals surface area contributed by atoms with E-state index in [0.29, 0.717) is 11.1 Å². The number of rotatable bonds is 5. The van der Waals surface area contributed by atoms with Crippen LogP contribution in [-0.2, 0) is 20.7 Å². The minimum atomic E-state index is -1.13. The minimum Gasteiger partial charge on any atom is -0.447 e. The molecule has 1 unspecified atom stereocenters. The van der Waals surface area contributed by atoms with Crippen molar-refractivity contribution in [2.45, 2.75) is 12.5 Å². The molecule has 0 saturated heterocycles. The molecule has 0 fully saturated rings. The minimum absolute atomic E-state index is 0.0586. The highest BCUT2D eigenvalue weighted by molar-refractivity contribution is 5.84. The maximum Gasteiger partial charge on any atom is 0.311 e. The summed E-state index contributed by atoms with van der Waals surface area (Å²) in [7, 11) is 0. The number of ether oxygens (including phenoxy) is 1. The number of esters is 1. The molecule has 5 heteroatoms. The van der Waals surface area contributed by atoms with Crippen LogP contribution in [0.25, 0.3) is 0 Å². The van der Waals surface area contributed by atoms with Crippen molar-refractivity contribution in [2.75, 3.05) is 0 Å². The summed E-state index contributed by atoms with van der Waals surface area (Å²) in [6.07, 6.45) is -1.18. The molecular weight excluding hydrogens is 273 g/mol. The van der Waals surface area contributed by atoms with Gasteiger partial charge in [-0.1, -0.05) is 42.5 Å². The van der Waals surface area contributed by atoms with Crippen LogP contribution in [0.1, 0.15) is 17.2 Å². The van der Waals surface area contributed by atoms with Crippen molar-refractivity contribution in [2.24, 2.45) is 5.73 Å². The first-order valence-corrected chi connectivity index (χ1v) is 6.34. The van der Waals surface area contributed by atoms with E-state index in [9.17, 15) is 14.0 Å². The van der Waals surface area contributed by atoms with E-state index in [1.807, 2.05) is 0 Å². The fourth-order valence-electron chi connectivity index (χ4n) is 1.86. The SMILES string of the molecule is NC(=O)C(OC(=O)Cc1ccc(F)cc1)c1ccccc1. The molecule has 0 heterocycles. The molecule has 108 valence electrons. The molecule has 1 atom stereocenters. The van der Waals surface area contributed by atoms with E-state index in [-0.39, 0.29) is 12.2 Å². The van der Waals surface area contributed by atoms with E-state index in [1.165, 1.54) is 24.3 Å². The number of nitrogens with two attached hydrogens (primary N) is 1. The van der Waals surface area contributed by atoms with E-state index >= 15 is 0 Å². The molecule has 0 spiro atoms. The highest BCUT2D eigenvalue weighted by Gasteiger charge is 2.22. The van der Waals surface area contributed by atoms with E-state index in [0.717, 1.165) is 0 Å². The van der Waals surface area contributed by atoms with Crippen LogP contribution in [-0.4, -0.2) is 11.9 Å². The van der Waals surface area contributed by atoms with Gasteiger partial charge >= 0.3 is 5.97 Å². The van der Waals surface area contributed by atoms with Gasteiger partial charge in [0, 0.05) is 5.56 Å². The Hall–Kier alpha value is -2.69. The van der Waals surface area contributed by atoms with Crippen molar-refractivity contribution in [3.05, 3.63) is 71.5 Å². The zero-order valence-corrected chi connectivity index (χ0v) is 11.2. The maximum absolute atomic E-state index is 12.8. The van der Waals surface area contributed by atoms with Gasteiger partial charge in [0.25, 0.3) is 5.91 Å². The monoisotopic (exact) mass is 287 g/mol. The average Bonchev–Trinajstić information content (AvgIpc) is 2.48. The first kappa shape index (κ1) is 14.7. The van der Waals surface area contributed by atoms with Gasteiger partial charge in [-0.05, 0) is 17.7 Å². The third kappa shape index (κ3) is 4.14. The zero-order valence-electron chi connectivity index (χ0n) is 11.2. The van der Waals surface area contributed by atoms with Crippen LogP contribution in [0.2, 0.25) is 0 Å². The summed E-state index contributed by atoms with van der Waals surface area (Å²) in [6, 6.07) is 14.0. The van der Waals surface area contributed by atoms with Crippen LogP contribution in [0.5, 0.6) is 0 Å². The summed E-state index contributed by atoms with van der Waals surface area (Å²) in [6.45, 7) is 0. The second-order valence-corrected chi connectivity index (χ2v) is 4.49. The maximum atomic E-state index is 12.8.